The Balaban J connectivity index is 1.71. The van der Waals surface area contributed by atoms with Crippen molar-refractivity contribution in [3.63, 3.8) is 0 Å². The zero-order chi connectivity index (χ0) is 12.5. The molecule has 3 rings (SSSR count). The molecular weight excluding hydrogens is 264 g/mol. The van der Waals surface area contributed by atoms with Gasteiger partial charge >= 0.3 is 0 Å². The molecule has 6 heteroatoms. The van der Waals surface area contributed by atoms with Crippen molar-refractivity contribution in [3.8, 4) is 9.88 Å². The topological polar surface area (TPSA) is 50.7 Å². The molecule has 0 bridgehead atoms. The number of hydrogen-bond acceptors (Lipinski definition) is 6. The Morgan fingerprint density at radius 2 is 2.17 bits per heavy atom. The molecule has 2 aromatic heterocycles. The second-order valence-corrected chi connectivity index (χ2v) is 7.06. The average Bonchev–Trinajstić information content (AvgIpc) is 2.92. The van der Waals surface area contributed by atoms with Gasteiger partial charge in [0.15, 0.2) is 5.01 Å². The maximum absolute atomic E-state index is 4.48. The summed E-state index contributed by atoms with van der Waals surface area (Å²) in [5.41, 5.74) is 0. The maximum Gasteiger partial charge on any atom is 0.206 e. The Hall–Kier alpha value is -1.01. The molecule has 0 unspecified atom stereocenters. The van der Waals surface area contributed by atoms with Gasteiger partial charge in [-0.3, -0.25) is 0 Å². The molecule has 2 aromatic rings. The van der Waals surface area contributed by atoms with Crippen molar-refractivity contribution < 1.29 is 0 Å². The normalized spacial score (nSPS) is 15.3. The number of nitrogens with one attached hydrogen (secondary N) is 1. The summed E-state index contributed by atoms with van der Waals surface area (Å²) in [4.78, 5) is 5.62. The van der Waals surface area contributed by atoms with E-state index in [1.54, 1.807) is 22.7 Å². The van der Waals surface area contributed by atoms with Gasteiger partial charge in [-0.2, -0.15) is 0 Å². The highest BCUT2D eigenvalue weighted by Crippen LogP contribution is 2.43. The molecule has 0 spiro atoms. The zero-order valence-corrected chi connectivity index (χ0v) is 12.1. The van der Waals surface area contributed by atoms with Gasteiger partial charge in [0.05, 0.1) is 9.88 Å². The van der Waals surface area contributed by atoms with E-state index in [0.29, 0.717) is 5.92 Å². The van der Waals surface area contributed by atoms with Crippen molar-refractivity contribution in [3.05, 3.63) is 11.2 Å². The van der Waals surface area contributed by atoms with Crippen molar-refractivity contribution in [2.24, 2.45) is 5.92 Å². The number of nitrogens with zero attached hydrogens (tertiary/aromatic N) is 3. The fourth-order valence-electron chi connectivity index (χ4n) is 1.59. The van der Waals surface area contributed by atoms with Gasteiger partial charge in [0.1, 0.15) is 0 Å². The molecule has 2 heterocycles. The van der Waals surface area contributed by atoms with Gasteiger partial charge in [0.25, 0.3) is 0 Å². The molecule has 0 amide bonds. The molecule has 0 atom stereocenters. The van der Waals surface area contributed by atoms with Crippen LogP contribution in [0.15, 0.2) is 6.20 Å². The highest BCUT2D eigenvalue weighted by Gasteiger charge is 2.27. The number of anilines is 1. The summed E-state index contributed by atoms with van der Waals surface area (Å²) in [7, 11) is 0. The molecule has 4 nitrogen and oxygen atoms in total. The molecular formula is C12H16N4S2. The Morgan fingerprint density at radius 3 is 2.89 bits per heavy atom. The molecule has 96 valence electrons. The minimum Gasteiger partial charge on any atom is -0.360 e. The Labute approximate surface area is 114 Å². The molecule has 18 heavy (non-hydrogen) atoms. The molecule has 1 fully saturated rings. The molecule has 1 saturated carbocycles. The van der Waals surface area contributed by atoms with E-state index >= 15 is 0 Å². The Bertz CT molecular complexity index is 528. The van der Waals surface area contributed by atoms with Crippen LogP contribution in [0, 0.1) is 5.92 Å². The summed E-state index contributed by atoms with van der Waals surface area (Å²) in [5.74, 6) is 1.33. The van der Waals surface area contributed by atoms with Crippen LogP contribution in [0.4, 0.5) is 5.13 Å². The lowest BCUT2D eigenvalue weighted by molar-refractivity contribution is 0.687. The van der Waals surface area contributed by atoms with Gasteiger partial charge < -0.3 is 5.32 Å². The standard InChI is InChI=1S/C12H16N4S2/c1-7(2)5-14-12-16-15-11(18-12)9-6-13-10(17-9)8-3-4-8/h6-8H,3-5H2,1-2H3,(H,14,16). The van der Waals surface area contributed by atoms with Gasteiger partial charge in [0.2, 0.25) is 5.13 Å². The number of hydrogen-bond donors (Lipinski definition) is 1. The molecule has 0 radical (unpaired) electrons. The van der Waals surface area contributed by atoms with E-state index in [4.69, 9.17) is 0 Å². The lowest BCUT2D eigenvalue weighted by atomic mass is 10.2. The summed E-state index contributed by atoms with van der Waals surface area (Å²) in [6.07, 6.45) is 4.53. The van der Waals surface area contributed by atoms with Crippen LogP contribution in [0.1, 0.15) is 37.6 Å². The minimum absolute atomic E-state index is 0.613. The van der Waals surface area contributed by atoms with E-state index in [0.717, 1.165) is 27.5 Å². The van der Waals surface area contributed by atoms with Crippen molar-refractivity contribution in [2.45, 2.75) is 32.6 Å². The highest BCUT2D eigenvalue weighted by molar-refractivity contribution is 7.23. The summed E-state index contributed by atoms with van der Waals surface area (Å²) in [5, 5.41) is 14.9. The molecule has 0 aliphatic heterocycles. The van der Waals surface area contributed by atoms with Crippen LogP contribution in [0.2, 0.25) is 0 Å². The third-order valence-corrected chi connectivity index (χ3v) is 4.96. The third-order valence-electron chi connectivity index (χ3n) is 2.75. The van der Waals surface area contributed by atoms with Gasteiger partial charge in [-0.25, -0.2) is 4.98 Å². The fourth-order valence-corrected chi connectivity index (χ4v) is 3.46. The molecule has 1 N–H and O–H groups in total. The van der Waals surface area contributed by atoms with Crippen molar-refractivity contribution in [1.82, 2.24) is 15.2 Å². The second-order valence-electron chi connectivity index (χ2n) is 5.02. The smallest absolute Gasteiger partial charge is 0.206 e. The van der Waals surface area contributed by atoms with Crippen molar-refractivity contribution in [2.75, 3.05) is 11.9 Å². The first-order valence-electron chi connectivity index (χ1n) is 6.26. The van der Waals surface area contributed by atoms with Gasteiger partial charge in [-0.05, 0) is 18.8 Å². The van der Waals surface area contributed by atoms with E-state index < -0.39 is 0 Å². The Morgan fingerprint density at radius 1 is 1.33 bits per heavy atom. The zero-order valence-electron chi connectivity index (χ0n) is 10.5. The number of aromatic nitrogens is 3. The van der Waals surface area contributed by atoms with E-state index in [9.17, 15) is 0 Å². The average molecular weight is 280 g/mol. The van der Waals surface area contributed by atoms with E-state index in [-0.39, 0.29) is 0 Å². The van der Waals surface area contributed by atoms with Crippen LogP contribution < -0.4 is 5.32 Å². The van der Waals surface area contributed by atoms with Crippen LogP contribution in [0.25, 0.3) is 9.88 Å². The third kappa shape index (κ3) is 2.70. The van der Waals surface area contributed by atoms with Crippen LogP contribution in [-0.2, 0) is 0 Å². The minimum atomic E-state index is 0.613. The molecule has 0 aromatic carbocycles. The van der Waals surface area contributed by atoms with Gasteiger partial charge in [-0.1, -0.05) is 25.2 Å². The van der Waals surface area contributed by atoms with Crippen LogP contribution in [0.3, 0.4) is 0 Å². The highest BCUT2D eigenvalue weighted by atomic mass is 32.1. The summed E-state index contributed by atoms with van der Waals surface area (Å²) >= 11 is 3.37. The van der Waals surface area contributed by atoms with E-state index in [1.165, 1.54) is 17.8 Å². The van der Waals surface area contributed by atoms with E-state index in [2.05, 4.69) is 34.3 Å². The van der Waals surface area contributed by atoms with Gasteiger partial charge in [0, 0.05) is 18.7 Å². The summed E-state index contributed by atoms with van der Waals surface area (Å²) < 4.78 is 0. The first-order valence-corrected chi connectivity index (χ1v) is 7.89. The maximum atomic E-state index is 4.48. The van der Waals surface area contributed by atoms with Crippen molar-refractivity contribution >= 4 is 27.8 Å². The first-order chi connectivity index (χ1) is 8.72. The molecule has 0 saturated heterocycles. The predicted molar refractivity (Wildman–Crippen MR) is 76.3 cm³/mol. The largest absolute Gasteiger partial charge is 0.360 e. The van der Waals surface area contributed by atoms with E-state index in [1.807, 2.05) is 6.20 Å². The lowest BCUT2D eigenvalue weighted by Gasteiger charge is -2.03. The van der Waals surface area contributed by atoms with Crippen LogP contribution in [-0.4, -0.2) is 21.7 Å². The molecule has 1 aliphatic carbocycles. The monoisotopic (exact) mass is 280 g/mol. The molecule has 1 aliphatic rings. The summed E-state index contributed by atoms with van der Waals surface area (Å²) in [6, 6.07) is 0. The predicted octanol–water partition coefficient (Wildman–Crippen LogP) is 3.61. The second kappa shape index (κ2) is 4.93. The Kier molecular flexibility index (Phi) is 3.30. The first kappa shape index (κ1) is 12.0. The van der Waals surface area contributed by atoms with Gasteiger partial charge in [-0.15, -0.1) is 21.5 Å². The fraction of sp³-hybridized carbons (Fsp3) is 0.583. The lowest BCUT2D eigenvalue weighted by Crippen LogP contribution is -2.07. The van der Waals surface area contributed by atoms with Crippen molar-refractivity contribution in [1.29, 1.82) is 0 Å². The summed E-state index contributed by atoms with van der Waals surface area (Å²) in [6.45, 7) is 5.30. The SMILES string of the molecule is CC(C)CNc1nnc(-c2cnc(C3CC3)s2)s1. The number of thiazole rings is 1. The van der Waals surface area contributed by atoms with Crippen LogP contribution >= 0.6 is 22.7 Å². The van der Waals surface area contributed by atoms with Crippen LogP contribution in [0.5, 0.6) is 0 Å². The quantitative estimate of drug-likeness (QED) is 0.909. The number of rotatable bonds is 5.